The summed E-state index contributed by atoms with van der Waals surface area (Å²) in [5.74, 6) is 0. The van der Waals surface area contributed by atoms with Gasteiger partial charge in [-0.25, -0.2) is 0 Å². The highest BCUT2D eigenvalue weighted by Crippen LogP contribution is 2.11. The van der Waals surface area contributed by atoms with Crippen LogP contribution in [0.5, 0.6) is 0 Å². The Balaban J connectivity index is 3.70. The first-order valence-corrected chi connectivity index (χ1v) is 12.1. The maximum Gasteiger partial charge on any atom is 0.0664 e. The van der Waals surface area contributed by atoms with Gasteiger partial charge in [-0.3, -0.25) is 0 Å². The lowest BCUT2D eigenvalue weighted by atomic mass is 10.1. The highest BCUT2D eigenvalue weighted by atomic mass is 16.3. The Morgan fingerprint density at radius 1 is 0.538 bits per heavy atom. The molecule has 0 aromatic heterocycles. The van der Waals surface area contributed by atoms with Crippen molar-refractivity contribution in [3.05, 3.63) is 0 Å². The summed E-state index contributed by atoms with van der Waals surface area (Å²) in [4.78, 5) is 2.53. The van der Waals surface area contributed by atoms with Crippen molar-refractivity contribution < 1.29 is 5.11 Å². The summed E-state index contributed by atoms with van der Waals surface area (Å²) in [5, 5.41) is 10.0. The Labute approximate surface area is 166 Å². The van der Waals surface area contributed by atoms with Crippen LogP contribution in [-0.2, 0) is 0 Å². The van der Waals surface area contributed by atoms with Crippen molar-refractivity contribution in [3.8, 4) is 0 Å². The molecule has 2 nitrogen and oxygen atoms in total. The summed E-state index contributed by atoms with van der Waals surface area (Å²) in [6.07, 6.45) is 22.9. The predicted octanol–water partition coefficient (Wildman–Crippen LogP) is 7.34. The lowest BCUT2D eigenvalue weighted by Gasteiger charge is -2.24. The van der Waals surface area contributed by atoms with Crippen molar-refractivity contribution in [1.82, 2.24) is 4.90 Å². The van der Waals surface area contributed by atoms with E-state index in [0.717, 1.165) is 13.0 Å². The van der Waals surface area contributed by atoms with Crippen LogP contribution in [0.15, 0.2) is 0 Å². The Bertz CT molecular complexity index is 237. The first-order chi connectivity index (χ1) is 12.7. The number of rotatable bonds is 21. The molecule has 0 rings (SSSR count). The molecule has 0 saturated heterocycles. The summed E-state index contributed by atoms with van der Waals surface area (Å²) in [6, 6.07) is 0. The van der Waals surface area contributed by atoms with Crippen LogP contribution in [0, 0.1) is 0 Å². The Morgan fingerprint density at radius 3 is 1.23 bits per heavy atom. The number of hydrogen-bond acceptors (Lipinski definition) is 2. The molecule has 0 bridgehead atoms. The van der Waals surface area contributed by atoms with Gasteiger partial charge in [0.1, 0.15) is 0 Å². The van der Waals surface area contributed by atoms with Crippen LogP contribution < -0.4 is 0 Å². The van der Waals surface area contributed by atoms with Crippen LogP contribution >= 0.6 is 0 Å². The molecule has 0 aromatic rings. The second kappa shape index (κ2) is 21.2. The first-order valence-electron chi connectivity index (χ1n) is 12.1. The molecule has 0 fully saturated rings. The van der Waals surface area contributed by atoms with Crippen molar-refractivity contribution in [2.45, 2.75) is 136 Å². The normalized spacial score (nSPS) is 12.8. The van der Waals surface area contributed by atoms with Gasteiger partial charge in [0.05, 0.1) is 6.10 Å². The molecule has 1 atom stereocenters. The number of aliphatic hydroxyl groups is 1. The van der Waals surface area contributed by atoms with Crippen molar-refractivity contribution in [2.24, 2.45) is 0 Å². The van der Waals surface area contributed by atoms with Gasteiger partial charge in [-0.2, -0.15) is 0 Å². The quantitative estimate of drug-likeness (QED) is 0.214. The first kappa shape index (κ1) is 25.9. The van der Waals surface area contributed by atoms with Crippen LogP contribution in [0.4, 0.5) is 0 Å². The van der Waals surface area contributed by atoms with Crippen molar-refractivity contribution in [2.75, 3.05) is 19.6 Å². The van der Waals surface area contributed by atoms with Gasteiger partial charge < -0.3 is 10.0 Å². The smallest absolute Gasteiger partial charge is 0.0664 e. The Kier molecular flexibility index (Phi) is 21.2. The molecular formula is C24H51NO. The van der Waals surface area contributed by atoms with Gasteiger partial charge in [0, 0.05) is 6.54 Å². The predicted molar refractivity (Wildman–Crippen MR) is 118 cm³/mol. The van der Waals surface area contributed by atoms with E-state index in [1.807, 2.05) is 0 Å². The van der Waals surface area contributed by atoms with Crippen LogP contribution in [0.1, 0.15) is 130 Å². The third kappa shape index (κ3) is 18.7. The molecule has 2 heteroatoms. The number of hydrogen-bond donors (Lipinski definition) is 1. The number of aliphatic hydroxyl groups excluding tert-OH is 1. The molecule has 1 N–H and O–H groups in total. The number of nitrogens with zero attached hydrogens (tertiary/aromatic N) is 1. The van der Waals surface area contributed by atoms with Crippen LogP contribution in [0.2, 0.25) is 0 Å². The third-order valence-electron chi connectivity index (χ3n) is 5.60. The average molecular weight is 370 g/mol. The monoisotopic (exact) mass is 369 g/mol. The van der Waals surface area contributed by atoms with E-state index >= 15 is 0 Å². The summed E-state index contributed by atoms with van der Waals surface area (Å²) >= 11 is 0. The molecule has 0 aliphatic carbocycles. The molecule has 158 valence electrons. The molecular weight excluding hydrogens is 318 g/mol. The molecule has 0 aliphatic rings. The minimum atomic E-state index is -0.141. The maximum absolute atomic E-state index is 10.0. The van der Waals surface area contributed by atoms with Crippen molar-refractivity contribution >= 4 is 0 Å². The van der Waals surface area contributed by atoms with Crippen molar-refractivity contribution in [1.29, 1.82) is 0 Å². The zero-order valence-electron chi connectivity index (χ0n) is 18.6. The molecule has 1 unspecified atom stereocenters. The maximum atomic E-state index is 10.0. The van der Waals surface area contributed by atoms with E-state index in [1.165, 1.54) is 116 Å². The van der Waals surface area contributed by atoms with E-state index in [1.54, 1.807) is 0 Å². The molecule has 0 saturated carbocycles. The highest BCUT2D eigenvalue weighted by molar-refractivity contribution is 4.64. The van der Waals surface area contributed by atoms with Gasteiger partial charge in [0.2, 0.25) is 0 Å². The fourth-order valence-corrected chi connectivity index (χ4v) is 3.66. The van der Waals surface area contributed by atoms with E-state index in [4.69, 9.17) is 0 Å². The fraction of sp³-hybridized carbons (Fsp3) is 1.00. The van der Waals surface area contributed by atoms with Crippen LogP contribution in [0.25, 0.3) is 0 Å². The fourth-order valence-electron chi connectivity index (χ4n) is 3.66. The Hall–Kier alpha value is -0.0800. The molecule has 0 heterocycles. The van der Waals surface area contributed by atoms with Crippen molar-refractivity contribution in [3.63, 3.8) is 0 Å². The number of unbranched alkanes of at least 4 members (excludes halogenated alkanes) is 14. The van der Waals surface area contributed by atoms with Crippen LogP contribution in [0.3, 0.4) is 0 Å². The topological polar surface area (TPSA) is 23.5 Å². The summed E-state index contributed by atoms with van der Waals surface area (Å²) < 4.78 is 0. The standard InChI is InChI=1S/C24H51NO/c1-4-7-9-11-13-15-17-19-21-25(23-24(26)6-3)22-20-18-16-14-12-10-8-5-2/h24,26H,4-23H2,1-3H3. The van der Waals surface area contributed by atoms with E-state index in [9.17, 15) is 5.11 Å². The summed E-state index contributed by atoms with van der Waals surface area (Å²) in [5.41, 5.74) is 0. The van der Waals surface area contributed by atoms with E-state index in [0.29, 0.717) is 0 Å². The second-order valence-electron chi connectivity index (χ2n) is 8.31. The van der Waals surface area contributed by atoms with E-state index < -0.39 is 0 Å². The SMILES string of the molecule is CCCCCCCCCCN(CCCCCCCCCC)CC(O)CC. The summed E-state index contributed by atoms with van der Waals surface area (Å²) in [6.45, 7) is 9.90. The van der Waals surface area contributed by atoms with E-state index in [2.05, 4.69) is 25.7 Å². The van der Waals surface area contributed by atoms with E-state index in [-0.39, 0.29) is 6.10 Å². The molecule has 0 aromatic carbocycles. The molecule has 0 amide bonds. The van der Waals surface area contributed by atoms with Gasteiger partial charge in [0.15, 0.2) is 0 Å². The van der Waals surface area contributed by atoms with Gasteiger partial charge >= 0.3 is 0 Å². The minimum absolute atomic E-state index is 0.141. The van der Waals surface area contributed by atoms with Crippen LogP contribution in [-0.4, -0.2) is 35.7 Å². The second-order valence-corrected chi connectivity index (χ2v) is 8.31. The highest BCUT2D eigenvalue weighted by Gasteiger charge is 2.09. The zero-order chi connectivity index (χ0) is 19.3. The third-order valence-corrected chi connectivity index (χ3v) is 5.60. The van der Waals surface area contributed by atoms with Gasteiger partial charge in [-0.05, 0) is 32.4 Å². The molecule has 26 heavy (non-hydrogen) atoms. The minimum Gasteiger partial charge on any atom is -0.392 e. The summed E-state index contributed by atoms with van der Waals surface area (Å²) in [7, 11) is 0. The van der Waals surface area contributed by atoms with Gasteiger partial charge in [0.25, 0.3) is 0 Å². The molecule has 0 radical (unpaired) electrons. The lowest BCUT2D eigenvalue weighted by molar-refractivity contribution is 0.107. The largest absolute Gasteiger partial charge is 0.392 e. The lowest BCUT2D eigenvalue weighted by Crippen LogP contribution is -2.33. The van der Waals surface area contributed by atoms with Gasteiger partial charge in [-0.1, -0.05) is 111 Å². The zero-order valence-corrected chi connectivity index (χ0v) is 18.6. The van der Waals surface area contributed by atoms with Gasteiger partial charge in [-0.15, -0.1) is 0 Å². The molecule has 0 aliphatic heterocycles. The Morgan fingerprint density at radius 2 is 0.885 bits per heavy atom. The molecule has 0 spiro atoms. The average Bonchev–Trinajstić information content (AvgIpc) is 2.65.